The van der Waals surface area contributed by atoms with Crippen molar-refractivity contribution in [1.82, 2.24) is 15.3 Å². The second kappa shape index (κ2) is 8.35. The van der Waals surface area contributed by atoms with E-state index in [0.29, 0.717) is 34.7 Å². The van der Waals surface area contributed by atoms with Crippen LogP contribution in [-0.4, -0.2) is 21.8 Å². The number of carbonyl (C=O) groups is 2. The number of carbonyl (C=O) groups excluding carboxylic acids is 2. The van der Waals surface area contributed by atoms with Crippen LogP contribution in [0.5, 0.6) is 0 Å². The third-order valence-electron chi connectivity index (χ3n) is 4.41. The quantitative estimate of drug-likeness (QED) is 0.594. The second-order valence-corrected chi connectivity index (χ2v) is 7.84. The van der Waals surface area contributed by atoms with Crippen LogP contribution >= 0.6 is 11.3 Å². The highest BCUT2D eigenvalue weighted by molar-refractivity contribution is 7.18. The van der Waals surface area contributed by atoms with E-state index < -0.39 is 0 Å². The van der Waals surface area contributed by atoms with E-state index in [0.717, 1.165) is 16.0 Å². The van der Waals surface area contributed by atoms with Gasteiger partial charge in [-0.3, -0.25) is 14.4 Å². The normalized spacial score (nSPS) is 10.8. The number of aromatic nitrogens is 2. The Hall–Kier alpha value is -3.00. The van der Waals surface area contributed by atoms with E-state index in [1.165, 1.54) is 18.3 Å². The Kier molecular flexibility index (Phi) is 5.89. The van der Waals surface area contributed by atoms with Gasteiger partial charge in [0.1, 0.15) is 10.7 Å². The van der Waals surface area contributed by atoms with Crippen molar-refractivity contribution in [3.63, 3.8) is 0 Å². The average Bonchev–Trinajstić information content (AvgIpc) is 2.92. The Morgan fingerprint density at radius 3 is 2.79 bits per heavy atom. The van der Waals surface area contributed by atoms with Crippen molar-refractivity contribution in [2.24, 2.45) is 0 Å². The molecule has 8 heteroatoms. The molecule has 3 rings (SSSR count). The van der Waals surface area contributed by atoms with E-state index in [9.17, 15) is 14.4 Å². The van der Waals surface area contributed by atoms with E-state index in [1.807, 2.05) is 32.0 Å². The number of aromatic amines is 1. The number of aryl methyl sites for hydroxylation is 3. The third kappa shape index (κ3) is 4.64. The number of H-pyrrole nitrogens is 1. The summed E-state index contributed by atoms with van der Waals surface area (Å²) in [6.45, 7) is 5.69. The molecule has 28 heavy (non-hydrogen) atoms. The van der Waals surface area contributed by atoms with Gasteiger partial charge in [0.2, 0.25) is 11.8 Å². The molecule has 0 aliphatic heterocycles. The Bertz CT molecular complexity index is 1100. The van der Waals surface area contributed by atoms with Crippen LogP contribution in [-0.2, 0) is 22.6 Å². The molecule has 1 aromatic carbocycles. The number of rotatable bonds is 6. The lowest BCUT2D eigenvalue weighted by atomic mass is 10.2. The monoisotopic (exact) mass is 398 g/mol. The summed E-state index contributed by atoms with van der Waals surface area (Å²) >= 11 is 1.49. The van der Waals surface area contributed by atoms with Gasteiger partial charge in [0.25, 0.3) is 5.56 Å². The standard InChI is InChI=1S/C20H22N4O3S/c1-11-12(2)28-20-18(11)19(27)23-16(24-20)7-8-17(26)21-10-14-5-4-6-15(9-14)22-13(3)25/h4-6,9H,7-8,10H2,1-3H3,(H,21,26)(H,22,25)(H,23,24,27). The molecule has 3 aromatic rings. The van der Waals surface area contributed by atoms with Gasteiger partial charge < -0.3 is 15.6 Å². The first kappa shape index (κ1) is 19.8. The molecule has 0 atom stereocenters. The first-order chi connectivity index (χ1) is 13.3. The molecule has 0 bridgehead atoms. The zero-order valence-corrected chi connectivity index (χ0v) is 16.8. The molecule has 0 fully saturated rings. The number of thiophene rings is 1. The molecule has 0 unspecified atom stereocenters. The lowest BCUT2D eigenvalue weighted by Crippen LogP contribution is -2.24. The Balaban J connectivity index is 1.58. The van der Waals surface area contributed by atoms with Gasteiger partial charge >= 0.3 is 0 Å². The summed E-state index contributed by atoms with van der Waals surface area (Å²) in [5.74, 6) is 0.239. The number of amides is 2. The fourth-order valence-corrected chi connectivity index (χ4v) is 3.95. The molecule has 2 aromatic heterocycles. The summed E-state index contributed by atoms with van der Waals surface area (Å²) < 4.78 is 0. The van der Waals surface area contributed by atoms with E-state index in [-0.39, 0.29) is 23.8 Å². The van der Waals surface area contributed by atoms with Crippen LogP contribution in [0.1, 0.15) is 35.2 Å². The summed E-state index contributed by atoms with van der Waals surface area (Å²) in [5, 5.41) is 6.19. The minimum atomic E-state index is -0.156. The lowest BCUT2D eigenvalue weighted by molar-refractivity contribution is -0.121. The van der Waals surface area contributed by atoms with Gasteiger partial charge in [-0.15, -0.1) is 11.3 Å². The molecule has 0 saturated heterocycles. The van der Waals surface area contributed by atoms with Gasteiger partial charge in [-0.25, -0.2) is 4.98 Å². The summed E-state index contributed by atoms with van der Waals surface area (Å²) in [6.07, 6.45) is 0.585. The van der Waals surface area contributed by atoms with Crippen LogP contribution in [0.25, 0.3) is 10.2 Å². The van der Waals surface area contributed by atoms with Crippen molar-refractivity contribution in [1.29, 1.82) is 0 Å². The third-order valence-corrected chi connectivity index (χ3v) is 5.52. The first-order valence-electron chi connectivity index (χ1n) is 8.95. The second-order valence-electron chi connectivity index (χ2n) is 6.63. The molecule has 3 N–H and O–H groups in total. The molecular weight excluding hydrogens is 376 g/mol. The van der Waals surface area contributed by atoms with Gasteiger partial charge in [0, 0.05) is 36.9 Å². The maximum absolute atomic E-state index is 12.3. The maximum Gasteiger partial charge on any atom is 0.259 e. The summed E-state index contributed by atoms with van der Waals surface area (Å²) in [7, 11) is 0. The van der Waals surface area contributed by atoms with E-state index >= 15 is 0 Å². The highest BCUT2D eigenvalue weighted by Crippen LogP contribution is 2.25. The van der Waals surface area contributed by atoms with Crippen LogP contribution < -0.4 is 16.2 Å². The van der Waals surface area contributed by atoms with Gasteiger partial charge in [0.15, 0.2) is 0 Å². The Morgan fingerprint density at radius 2 is 2.04 bits per heavy atom. The zero-order chi connectivity index (χ0) is 20.3. The molecule has 0 spiro atoms. The number of benzene rings is 1. The van der Waals surface area contributed by atoms with E-state index in [2.05, 4.69) is 20.6 Å². The Morgan fingerprint density at radius 1 is 1.25 bits per heavy atom. The Labute approximate surface area is 166 Å². The largest absolute Gasteiger partial charge is 0.352 e. The minimum Gasteiger partial charge on any atom is -0.352 e. The molecule has 2 amide bonds. The molecule has 0 saturated carbocycles. The zero-order valence-electron chi connectivity index (χ0n) is 16.0. The summed E-state index contributed by atoms with van der Waals surface area (Å²) in [4.78, 5) is 44.6. The summed E-state index contributed by atoms with van der Waals surface area (Å²) in [5.41, 5.74) is 2.38. The number of hydrogen-bond donors (Lipinski definition) is 3. The van der Waals surface area contributed by atoms with E-state index in [4.69, 9.17) is 0 Å². The van der Waals surface area contributed by atoms with Crippen molar-refractivity contribution < 1.29 is 9.59 Å². The fraction of sp³-hybridized carbons (Fsp3) is 0.300. The molecule has 7 nitrogen and oxygen atoms in total. The first-order valence-corrected chi connectivity index (χ1v) is 9.77. The highest BCUT2D eigenvalue weighted by atomic mass is 32.1. The van der Waals surface area contributed by atoms with Gasteiger partial charge in [-0.2, -0.15) is 0 Å². The lowest BCUT2D eigenvalue weighted by Gasteiger charge is -2.08. The molecular formula is C20H22N4O3S. The number of fused-ring (bicyclic) bond motifs is 1. The fourth-order valence-electron chi connectivity index (χ4n) is 2.90. The minimum absolute atomic E-state index is 0.133. The topological polar surface area (TPSA) is 104 Å². The van der Waals surface area contributed by atoms with Crippen molar-refractivity contribution in [2.45, 2.75) is 40.2 Å². The van der Waals surface area contributed by atoms with Gasteiger partial charge in [-0.05, 0) is 37.1 Å². The number of hydrogen-bond acceptors (Lipinski definition) is 5. The van der Waals surface area contributed by atoms with Crippen molar-refractivity contribution in [3.05, 3.63) is 56.4 Å². The van der Waals surface area contributed by atoms with Crippen molar-refractivity contribution in [2.75, 3.05) is 5.32 Å². The van der Waals surface area contributed by atoms with Crippen LogP contribution in [0.3, 0.4) is 0 Å². The molecule has 0 aliphatic carbocycles. The molecule has 0 radical (unpaired) electrons. The number of nitrogens with zero attached hydrogens (tertiary/aromatic N) is 1. The van der Waals surface area contributed by atoms with Crippen LogP contribution in [0.15, 0.2) is 29.1 Å². The van der Waals surface area contributed by atoms with Crippen molar-refractivity contribution >= 4 is 39.1 Å². The van der Waals surface area contributed by atoms with Gasteiger partial charge in [0.05, 0.1) is 5.39 Å². The van der Waals surface area contributed by atoms with Crippen LogP contribution in [0.2, 0.25) is 0 Å². The maximum atomic E-state index is 12.3. The smallest absolute Gasteiger partial charge is 0.259 e. The van der Waals surface area contributed by atoms with Gasteiger partial charge in [-0.1, -0.05) is 12.1 Å². The van der Waals surface area contributed by atoms with Crippen molar-refractivity contribution in [3.8, 4) is 0 Å². The van der Waals surface area contributed by atoms with Crippen LogP contribution in [0, 0.1) is 13.8 Å². The number of nitrogens with one attached hydrogen (secondary N) is 3. The predicted molar refractivity (Wildman–Crippen MR) is 111 cm³/mol. The molecule has 2 heterocycles. The molecule has 0 aliphatic rings. The number of anilines is 1. The predicted octanol–water partition coefficient (Wildman–Crippen LogP) is 2.81. The van der Waals surface area contributed by atoms with E-state index in [1.54, 1.807) is 6.07 Å². The highest BCUT2D eigenvalue weighted by Gasteiger charge is 2.12. The average molecular weight is 398 g/mol. The van der Waals surface area contributed by atoms with Crippen LogP contribution in [0.4, 0.5) is 5.69 Å². The summed E-state index contributed by atoms with van der Waals surface area (Å²) in [6, 6.07) is 7.30. The molecule has 146 valence electrons. The SMILES string of the molecule is CC(=O)Nc1cccc(CNC(=O)CCc2nc3sc(C)c(C)c3c(=O)[nH]2)c1.